The number of alkyl halides is 1. The second kappa shape index (κ2) is 5.30. The van der Waals surface area contributed by atoms with Crippen LogP contribution < -0.4 is 0 Å². The Balaban J connectivity index is 2.94. The summed E-state index contributed by atoms with van der Waals surface area (Å²) < 4.78 is 0. The van der Waals surface area contributed by atoms with Crippen molar-refractivity contribution >= 4 is 21.7 Å². The van der Waals surface area contributed by atoms with Gasteiger partial charge in [0.2, 0.25) is 0 Å². The Kier molecular flexibility index (Phi) is 4.33. The van der Waals surface area contributed by atoms with Crippen LogP contribution in [0.3, 0.4) is 0 Å². The van der Waals surface area contributed by atoms with Crippen LogP contribution in [0.4, 0.5) is 0 Å². The molecule has 0 saturated carbocycles. The molecule has 0 unspecified atom stereocenters. The summed E-state index contributed by atoms with van der Waals surface area (Å²) in [5, 5.41) is 0.737. The molecule has 0 aliphatic rings. The van der Waals surface area contributed by atoms with Crippen molar-refractivity contribution in [3.8, 4) is 0 Å². The number of hydrogen-bond acceptors (Lipinski definition) is 1. The molecule has 0 aliphatic heterocycles. The standard InChI is InChI=1S/C12H15BrO/c1-3-10-8-11(5-4-9(10)2)12(14)6-7-13/h4-5,8H,3,6-7H2,1-2H3. The summed E-state index contributed by atoms with van der Waals surface area (Å²) >= 11 is 3.28. The van der Waals surface area contributed by atoms with E-state index in [1.54, 1.807) is 0 Å². The summed E-state index contributed by atoms with van der Waals surface area (Å²) in [4.78, 5) is 11.6. The molecule has 1 aromatic rings. The maximum Gasteiger partial charge on any atom is 0.163 e. The minimum Gasteiger partial charge on any atom is -0.294 e. The van der Waals surface area contributed by atoms with Gasteiger partial charge in [0.05, 0.1) is 0 Å². The van der Waals surface area contributed by atoms with Crippen LogP contribution in [0.25, 0.3) is 0 Å². The normalized spacial score (nSPS) is 10.2. The molecule has 1 aromatic carbocycles. The van der Waals surface area contributed by atoms with Crippen LogP contribution >= 0.6 is 15.9 Å². The van der Waals surface area contributed by atoms with Crippen molar-refractivity contribution in [1.82, 2.24) is 0 Å². The number of Topliss-reactive ketones (excluding diaryl/α,β-unsaturated/α-hetero) is 1. The monoisotopic (exact) mass is 254 g/mol. The van der Waals surface area contributed by atoms with E-state index in [0.29, 0.717) is 6.42 Å². The zero-order valence-electron chi connectivity index (χ0n) is 8.64. The highest BCUT2D eigenvalue weighted by Gasteiger charge is 2.06. The third-order valence-corrected chi connectivity index (χ3v) is 2.77. The number of aryl methyl sites for hydroxylation is 2. The fourth-order valence-corrected chi connectivity index (χ4v) is 1.82. The molecule has 0 amide bonds. The molecular weight excluding hydrogens is 240 g/mol. The van der Waals surface area contributed by atoms with E-state index in [1.165, 1.54) is 11.1 Å². The van der Waals surface area contributed by atoms with Crippen LogP contribution in [-0.4, -0.2) is 11.1 Å². The molecule has 1 nitrogen and oxygen atoms in total. The molecular formula is C12H15BrO. The highest BCUT2D eigenvalue weighted by atomic mass is 79.9. The topological polar surface area (TPSA) is 17.1 Å². The zero-order chi connectivity index (χ0) is 10.6. The van der Waals surface area contributed by atoms with Gasteiger partial charge in [-0.05, 0) is 30.5 Å². The smallest absolute Gasteiger partial charge is 0.163 e. The van der Waals surface area contributed by atoms with E-state index in [1.807, 2.05) is 18.2 Å². The van der Waals surface area contributed by atoms with E-state index in [2.05, 4.69) is 29.8 Å². The molecule has 0 radical (unpaired) electrons. The summed E-state index contributed by atoms with van der Waals surface area (Å²) in [6, 6.07) is 5.96. The first-order chi connectivity index (χ1) is 6.69. The van der Waals surface area contributed by atoms with Crippen molar-refractivity contribution in [3.63, 3.8) is 0 Å². The van der Waals surface area contributed by atoms with Crippen molar-refractivity contribution in [2.45, 2.75) is 26.7 Å². The van der Waals surface area contributed by atoms with Gasteiger partial charge in [-0.15, -0.1) is 0 Å². The summed E-state index contributed by atoms with van der Waals surface area (Å²) in [6.07, 6.45) is 1.56. The van der Waals surface area contributed by atoms with Gasteiger partial charge in [-0.3, -0.25) is 4.79 Å². The first-order valence-corrected chi connectivity index (χ1v) is 6.00. The second-order valence-electron chi connectivity index (χ2n) is 3.36. The lowest BCUT2D eigenvalue weighted by atomic mass is 10.00. The van der Waals surface area contributed by atoms with E-state index >= 15 is 0 Å². The van der Waals surface area contributed by atoms with Crippen LogP contribution in [0.1, 0.15) is 34.8 Å². The number of rotatable bonds is 4. The molecule has 1 rings (SSSR count). The van der Waals surface area contributed by atoms with Gasteiger partial charge < -0.3 is 0 Å². The fourth-order valence-electron chi connectivity index (χ4n) is 1.46. The highest BCUT2D eigenvalue weighted by Crippen LogP contribution is 2.13. The van der Waals surface area contributed by atoms with Gasteiger partial charge in [0.15, 0.2) is 5.78 Å². The molecule has 0 N–H and O–H groups in total. The van der Waals surface area contributed by atoms with Crippen molar-refractivity contribution < 1.29 is 4.79 Å². The van der Waals surface area contributed by atoms with Gasteiger partial charge in [0.1, 0.15) is 0 Å². The van der Waals surface area contributed by atoms with Crippen LogP contribution in [0.15, 0.2) is 18.2 Å². The summed E-state index contributed by atoms with van der Waals surface area (Å²) in [7, 11) is 0. The Morgan fingerprint density at radius 3 is 2.71 bits per heavy atom. The lowest BCUT2D eigenvalue weighted by Gasteiger charge is -2.05. The molecule has 0 fully saturated rings. The maximum absolute atomic E-state index is 11.6. The molecule has 76 valence electrons. The number of halogens is 1. The number of benzene rings is 1. The fraction of sp³-hybridized carbons (Fsp3) is 0.417. The van der Waals surface area contributed by atoms with Gasteiger partial charge in [0.25, 0.3) is 0 Å². The van der Waals surface area contributed by atoms with E-state index < -0.39 is 0 Å². The minimum absolute atomic E-state index is 0.219. The van der Waals surface area contributed by atoms with E-state index in [-0.39, 0.29) is 5.78 Å². The van der Waals surface area contributed by atoms with Crippen molar-refractivity contribution in [2.75, 3.05) is 5.33 Å². The third kappa shape index (κ3) is 2.68. The summed E-state index contributed by atoms with van der Waals surface area (Å²) in [5.74, 6) is 0.219. The predicted molar refractivity (Wildman–Crippen MR) is 63.3 cm³/mol. The Bertz CT molecular complexity index is 331. The Labute approximate surface area is 93.7 Å². The first kappa shape index (κ1) is 11.4. The molecule has 0 aliphatic carbocycles. The van der Waals surface area contributed by atoms with Crippen molar-refractivity contribution in [3.05, 3.63) is 34.9 Å². The average molecular weight is 255 g/mol. The predicted octanol–water partition coefficient (Wildman–Crippen LogP) is 3.53. The largest absolute Gasteiger partial charge is 0.294 e. The molecule has 0 saturated heterocycles. The second-order valence-corrected chi connectivity index (χ2v) is 4.15. The molecule has 14 heavy (non-hydrogen) atoms. The summed E-state index contributed by atoms with van der Waals surface area (Å²) in [6.45, 7) is 4.19. The van der Waals surface area contributed by atoms with E-state index in [4.69, 9.17) is 0 Å². The maximum atomic E-state index is 11.6. The van der Waals surface area contributed by atoms with Gasteiger partial charge in [-0.1, -0.05) is 35.0 Å². The number of carbonyl (C=O) groups is 1. The zero-order valence-corrected chi connectivity index (χ0v) is 10.2. The first-order valence-electron chi connectivity index (χ1n) is 4.87. The van der Waals surface area contributed by atoms with Gasteiger partial charge in [0, 0.05) is 17.3 Å². The van der Waals surface area contributed by atoms with Gasteiger partial charge >= 0.3 is 0 Å². The Morgan fingerprint density at radius 1 is 1.43 bits per heavy atom. The number of ketones is 1. The van der Waals surface area contributed by atoms with Crippen LogP contribution in [0, 0.1) is 6.92 Å². The van der Waals surface area contributed by atoms with E-state index in [0.717, 1.165) is 17.3 Å². The van der Waals surface area contributed by atoms with Crippen molar-refractivity contribution in [1.29, 1.82) is 0 Å². The molecule has 2 heteroatoms. The molecule has 0 bridgehead atoms. The number of hydrogen-bond donors (Lipinski definition) is 0. The minimum atomic E-state index is 0.219. The average Bonchev–Trinajstić information content (AvgIpc) is 2.19. The highest BCUT2D eigenvalue weighted by molar-refractivity contribution is 9.09. The van der Waals surface area contributed by atoms with Crippen LogP contribution in [0.5, 0.6) is 0 Å². The number of carbonyl (C=O) groups excluding carboxylic acids is 1. The lowest BCUT2D eigenvalue weighted by Crippen LogP contribution is -2.01. The summed E-state index contributed by atoms with van der Waals surface area (Å²) in [5.41, 5.74) is 3.38. The van der Waals surface area contributed by atoms with Crippen molar-refractivity contribution in [2.24, 2.45) is 0 Å². The molecule has 0 atom stereocenters. The van der Waals surface area contributed by atoms with Crippen LogP contribution in [0.2, 0.25) is 0 Å². The van der Waals surface area contributed by atoms with Gasteiger partial charge in [-0.2, -0.15) is 0 Å². The molecule has 0 heterocycles. The molecule has 0 aromatic heterocycles. The third-order valence-electron chi connectivity index (χ3n) is 2.37. The molecule has 0 spiro atoms. The lowest BCUT2D eigenvalue weighted by molar-refractivity contribution is 0.0990. The Morgan fingerprint density at radius 2 is 2.14 bits per heavy atom. The quantitative estimate of drug-likeness (QED) is 0.594. The van der Waals surface area contributed by atoms with Crippen LogP contribution in [-0.2, 0) is 6.42 Å². The Hall–Kier alpha value is -0.630. The SMILES string of the molecule is CCc1cc(C(=O)CCBr)ccc1C. The van der Waals surface area contributed by atoms with E-state index in [9.17, 15) is 4.79 Å². The van der Waals surface area contributed by atoms with Gasteiger partial charge in [-0.25, -0.2) is 0 Å².